The molecule has 1 atom stereocenters. The van der Waals surface area contributed by atoms with Crippen molar-refractivity contribution in [3.63, 3.8) is 0 Å². The fourth-order valence-electron chi connectivity index (χ4n) is 2.34. The number of rotatable bonds is 9. The van der Waals surface area contributed by atoms with E-state index in [9.17, 15) is 0 Å². The predicted octanol–water partition coefficient (Wildman–Crippen LogP) is 4.22. The van der Waals surface area contributed by atoms with Crippen LogP contribution in [0, 0.1) is 6.92 Å². The fraction of sp³-hybridized carbons (Fsp3) is 0.625. The molecule has 0 spiro atoms. The summed E-state index contributed by atoms with van der Waals surface area (Å²) in [6, 6.07) is 8.84. The molecule has 0 aliphatic rings. The number of aryl methyl sites for hydroxylation is 1. The molecule has 1 rings (SSSR count). The average Bonchev–Trinajstić information content (AvgIpc) is 2.38. The van der Waals surface area contributed by atoms with Gasteiger partial charge in [-0.1, -0.05) is 31.2 Å². The van der Waals surface area contributed by atoms with Crippen LogP contribution >= 0.6 is 11.8 Å². The van der Waals surface area contributed by atoms with Gasteiger partial charge in [-0.25, -0.2) is 0 Å². The van der Waals surface area contributed by atoms with E-state index in [0.717, 1.165) is 13.1 Å². The van der Waals surface area contributed by atoms with Crippen molar-refractivity contribution in [2.75, 3.05) is 25.1 Å². The number of hydrogen-bond acceptors (Lipinski definition) is 2. The molecular weight excluding hydrogens is 238 g/mol. The molecule has 2 heteroatoms. The number of hydrogen-bond donors (Lipinski definition) is 1. The van der Waals surface area contributed by atoms with Crippen molar-refractivity contribution >= 4 is 11.8 Å². The van der Waals surface area contributed by atoms with Crippen LogP contribution in [-0.2, 0) is 0 Å². The molecule has 0 amide bonds. The van der Waals surface area contributed by atoms with Gasteiger partial charge in [0.25, 0.3) is 0 Å². The Labute approximate surface area is 117 Å². The first-order chi connectivity index (χ1) is 8.79. The largest absolute Gasteiger partial charge is 0.316 e. The van der Waals surface area contributed by atoms with Crippen molar-refractivity contribution in [1.82, 2.24) is 5.32 Å². The molecular formula is C16H27NS. The molecule has 0 fully saturated rings. The van der Waals surface area contributed by atoms with Crippen LogP contribution < -0.4 is 5.32 Å². The zero-order valence-corrected chi connectivity index (χ0v) is 12.9. The van der Waals surface area contributed by atoms with Gasteiger partial charge in [-0.05, 0) is 61.8 Å². The van der Waals surface area contributed by atoms with Crippen LogP contribution in [0.4, 0.5) is 0 Å². The average molecular weight is 265 g/mol. The molecule has 0 aliphatic heterocycles. The number of thioether (sulfide) groups is 1. The van der Waals surface area contributed by atoms with Crippen LogP contribution in [0.25, 0.3) is 0 Å². The molecule has 0 radical (unpaired) electrons. The van der Waals surface area contributed by atoms with Gasteiger partial charge in [-0.15, -0.1) is 0 Å². The van der Waals surface area contributed by atoms with Gasteiger partial charge in [0.2, 0.25) is 0 Å². The lowest BCUT2D eigenvalue weighted by Crippen LogP contribution is -2.23. The molecule has 0 heterocycles. The molecule has 1 unspecified atom stereocenters. The van der Waals surface area contributed by atoms with E-state index in [1.165, 1.54) is 36.1 Å². The molecule has 1 nitrogen and oxygen atoms in total. The van der Waals surface area contributed by atoms with Crippen LogP contribution in [0.1, 0.15) is 43.2 Å². The van der Waals surface area contributed by atoms with E-state index < -0.39 is 0 Å². The van der Waals surface area contributed by atoms with Gasteiger partial charge in [0.05, 0.1) is 0 Å². The summed E-state index contributed by atoms with van der Waals surface area (Å²) >= 11 is 1.95. The van der Waals surface area contributed by atoms with Crippen LogP contribution in [-0.4, -0.2) is 25.1 Å². The zero-order chi connectivity index (χ0) is 13.2. The summed E-state index contributed by atoms with van der Waals surface area (Å²) in [5.41, 5.74) is 2.96. The van der Waals surface area contributed by atoms with Gasteiger partial charge >= 0.3 is 0 Å². The SMILES string of the molecule is CCCNCC(CCCSC)c1ccccc1C. The van der Waals surface area contributed by atoms with E-state index in [4.69, 9.17) is 0 Å². The second kappa shape index (κ2) is 9.46. The summed E-state index contributed by atoms with van der Waals surface area (Å²) in [6.45, 7) is 6.71. The summed E-state index contributed by atoms with van der Waals surface area (Å²) in [5, 5.41) is 3.58. The smallest absolute Gasteiger partial charge is 0.00202 e. The molecule has 102 valence electrons. The third kappa shape index (κ3) is 5.45. The van der Waals surface area contributed by atoms with Crippen molar-refractivity contribution in [2.45, 2.75) is 39.0 Å². The lowest BCUT2D eigenvalue weighted by molar-refractivity contribution is 0.543. The van der Waals surface area contributed by atoms with E-state index >= 15 is 0 Å². The summed E-state index contributed by atoms with van der Waals surface area (Å²) in [4.78, 5) is 0. The van der Waals surface area contributed by atoms with Crippen LogP contribution in [0.2, 0.25) is 0 Å². The van der Waals surface area contributed by atoms with Gasteiger partial charge in [0, 0.05) is 6.54 Å². The first kappa shape index (κ1) is 15.6. The molecule has 0 aliphatic carbocycles. The van der Waals surface area contributed by atoms with Crippen molar-refractivity contribution in [3.05, 3.63) is 35.4 Å². The third-order valence-corrected chi connectivity index (χ3v) is 4.04. The predicted molar refractivity (Wildman–Crippen MR) is 84.7 cm³/mol. The van der Waals surface area contributed by atoms with E-state index in [2.05, 4.69) is 49.7 Å². The number of nitrogens with one attached hydrogen (secondary N) is 1. The Hall–Kier alpha value is -0.470. The third-order valence-electron chi connectivity index (χ3n) is 3.35. The molecule has 1 aromatic rings. The Balaban J connectivity index is 2.60. The van der Waals surface area contributed by atoms with Crippen molar-refractivity contribution in [1.29, 1.82) is 0 Å². The summed E-state index contributed by atoms with van der Waals surface area (Å²) in [5.74, 6) is 1.95. The Morgan fingerprint density at radius 2 is 2.06 bits per heavy atom. The quantitative estimate of drug-likeness (QED) is 0.671. The van der Waals surface area contributed by atoms with Crippen LogP contribution in [0.15, 0.2) is 24.3 Å². The highest BCUT2D eigenvalue weighted by molar-refractivity contribution is 7.98. The maximum atomic E-state index is 3.58. The lowest BCUT2D eigenvalue weighted by atomic mass is 9.91. The first-order valence-electron chi connectivity index (χ1n) is 7.04. The first-order valence-corrected chi connectivity index (χ1v) is 8.44. The summed E-state index contributed by atoms with van der Waals surface area (Å²) < 4.78 is 0. The maximum Gasteiger partial charge on any atom is 0.00202 e. The Morgan fingerprint density at radius 1 is 1.28 bits per heavy atom. The van der Waals surface area contributed by atoms with Crippen LogP contribution in [0.3, 0.4) is 0 Å². The fourth-order valence-corrected chi connectivity index (χ4v) is 2.79. The van der Waals surface area contributed by atoms with Gasteiger partial charge in [0.1, 0.15) is 0 Å². The molecule has 0 saturated carbocycles. The van der Waals surface area contributed by atoms with Gasteiger partial charge in [-0.3, -0.25) is 0 Å². The lowest BCUT2D eigenvalue weighted by Gasteiger charge is -2.20. The zero-order valence-electron chi connectivity index (χ0n) is 12.0. The summed E-state index contributed by atoms with van der Waals surface area (Å²) in [7, 11) is 0. The highest BCUT2D eigenvalue weighted by Crippen LogP contribution is 2.24. The molecule has 1 N–H and O–H groups in total. The topological polar surface area (TPSA) is 12.0 Å². The van der Waals surface area contributed by atoms with Gasteiger partial charge in [0.15, 0.2) is 0 Å². The minimum Gasteiger partial charge on any atom is -0.316 e. The molecule has 0 bridgehead atoms. The van der Waals surface area contributed by atoms with Gasteiger partial charge < -0.3 is 5.32 Å². The number of benzene rings is 1. The van der Waals surface area contributed by atoms with E-state index in [-0.39, 0.29) is 0 Å². The van der Waals surface area contributed by atoms with Crippen LogP contribution in [0.5, 0.6) is 0 Å². The van der Waals surface area contributed by atoms with E-state index in [0.29, 0.717) is 5.92 Å². The molecule has 1 aromatic carbocycles. The highest BCUT2D eigenvalue weighted by Gasteiger charge is 2.12. The highest BCUT2D eigenvalue weighted by atomic mass is 32.2. The normalized spacial score (nSPS) is 12.6. The molecule has 0 saturated heterocycles. The van der Waals surface area contributed by atoms with Crippen molar-refractivity contribution in [2.24, 2.45) is 0 Å². The molecule has 0 aromatic heterocycles. The van der Waals surface area contributed by atoms with E-state index in [1.807, 2.05) is 11.8 Å². The Kier molecular flexibility index (Phi) is 8.19. The van der Waals surface area contributed by atoms with Crippen molar-refractivity contribution in [3.8, 4) is 0 Å². The minimum atomic E-state index is 0.671. The second-order valence-electron chi connectivity index (χ2n) is 4.89. The monoisotopic (exact) mass is 265 g/mol. The summed E-state index contributed by atoms with van der Waals surface area (Å²) in [6.07, 6.45) is 6.01. The Bertz CT molecular complexity index is 315. The minimum absolute atomic E-state index is 0.671. The standard InChI is InChI=1S/C16H27NS/c1-4-11-17-13-15(9-7-12-18-3)16-10-6-5-8-14(16)2/h5-6,8,10,15,17H,4,7,9,11-13H2,1-3H3. The van der Waals surface area contributed by atoms with Crippen molar-refractivity contribution < 1.29 is 0 Å². The van der Waals surface area contributed by atoms with E-state index in [1.54, 1.807) is 0 Å². The molecule has 18 heavy (non-hydrogen) atoms. The second-order valence-corrected chi connectivity index (χ2v) is 5.88. The van der Waals surface area contributed by atoms with Gasteiger partial charge in [-0.2, -0.15) is 11.8 Å². The Morgan fingerprint density at radius 3 is 2.72 bits per heavy atom. The maximum absolute atomic E-state index is 3.58.